The number of rotatable bonds is 1. The number of hydrogen-bond acceptors (Lipinski definition) is 1. The van der Waals surface area contributed by atoms with Crippen molar-refractivity contribution in [3.63, 3.8) is 0 Å². The monoisotopic (exact) mass is 206 g/mol. The highest BCUT2D eigenvalue weighted by Crippen LogP contribution is 2.53. The van der Waals surface area contributed by atoms with E-state index in [0.29, 0.717) is 11.2 Å². The van der Waals surface area contributed by atoms with E-state index in [1.54, 1.807) is 12.5 Å². The summed E-state index contributed by atoms with van der Waals surface area (Å²) >= 11 is 0. The van der Waals surface area contributed by atoms with E-state index in [1.807, 2.05) is 0 Å². The Hall–Kier alpha value is -0.590. The van der Waals surface area contributed by atoms with Gasteiger partial charge in [0.15, 0.2) is 0 Å². The molecule has 0 aromatic rings. The zero-order valence-electron chi connectivity index (χ0n) is 10.2. The summed E-state index contributed by atoms with van der Waals surface area (Å²) in [7, 11) is 0. The fourth-order valence-corrected chi connectivity index (χ4v) is 3.39. The molecule has 0 N–H and O–H groups in total. The van der Waals surface area contributed by atoms with Crippen LogP contribution >= 0.6 is 0 Å². The van der Waals surface area contributed by atoms with Crippen LogP contribution in [0.5, 0.6) is 0 Å². The molecule has 2 atom stereocenters. The van der Waals surface area contributed by atoms with E-state index in [2.05, 4.69) is 19.9 Å². The number of Topliss-reactive ketones (excluding diaryl/α,β-unsaturated/α-hetero) is 1. The summed E-state index contributed by atoms with van der Waals surface area (Å²) in [4.78, 5) is 11.7. The Morgan fingerprint density at radius 1 is 1.33 bits per heavy atom. The molecule has 2 aliphatic carbocycles. The highest BCUT2D eigenvalue weighted by Gasteiger charge is 2.43. The van der Waals surface area contributed by atoms with Gasteiger partial charge in [-0.2, -0.15) is 0 Å². The molecule has 1 fully saturated rings. The Kier molecular flexibility index (Phi) is 2.52. The molecule has 2 rings (SSSR count). The first-order chi connectivity index (χ1) is 6.96. The molecule has 0 aromatic carbocycles. The van der Waals surface area contributed by atoms with E-state index >= 15 is 0 Å². The minimum absolute atomic E-state index is 0.0877. The Morgan fingerprint density at radius 2 is 2.07 bits per heavy atom. The Bertz CT molecular complexity index is 315. The molecular weight excluding hydrogens is 184 g/mol. The summed E-state index contributed by atoms with van der Waals surface area (Å²) in [6, 6.07) is 0. The molecular formula is C14H22O. The Labute approximate surface area is 92.9 Å². The fourth-order valence-electron chi connectivity index (χ4n) is 3.39. The molecule has 0 unspecified atom stereocenters. The van der Waals surface area contributed by atoms with Gasteiger partial charge in [-0.3, -0.25) is 4.79 Å². The van der Waals surface area contributed by atoms with Crippen LogP contribution in [-0.2, 0) is 4.79 Å². The van der Waals surface area contributed by atoms with E-state index in [-0.39, 0.29) is 5.41 Å². The van der Waals surface area contributed by atoms with E-state index < -0.39 is 0 Å². The quantitative estimate of drug-likeness (QED) is 0.595. The zero-order chi connectivity index (χ0) is 11.1. The van der Waals surface area contributed by atoms with Crippen molar-refractivity contribution in [3.05, 3.63) is 11.6 Å². The largest absolute Gasteiger partial charge is 0.299 e. The number of fused-ring (bicyclic) bond motifs is 1. The summed E-state index contributed by atoms with van der Waals surface area (Å²) in [5.41, 5.74) is 1.87. The zero-order valence-corrected chi connectivity index (χ0v) is 10.2. The maximum atomic E-state index is 11.7. The van der Waals surface area contributed by atoms with Gasteiger partial charge in [-0.05, 0) is 44.4 Å². The number of hydrogen-bond donors (Lipinski definition) is 0. The highest BCUT2D eigenvalue weighted by atomic mass is 16.1. The summed E-state index contributed by atoms with van der Waals surface area (Å²) in [5.74, 6) is 0.365. The number of ketones is 1. The Morgan fingerprint density at radius 3 is 2.73 bits per heavy atom. The van der Waals surface area contributed by atoms with Gasteiger partial charge >= 0.3 is 0 Å². The molecule has 0 heterocycles. The van der Waals surface area contributed by atoms with Crippen molar-refractivity contribution in [2.75, 3.05) is 0 Å². The summed E-state index contributed by atoms with van der Waals surface area (Å²) in [6.07, 6.45) is 9.63. The number of allylic oxidation sites excluding steroid dienone is 2. The third kappa shape index (κ3) is 1.77. The number of carbonyl (C=O) groups excluding carboxylic acids is 1. The van der Waals surface area contributed by atoms with Gasteiger partial charge in [-0.25, -0.2) is 0 Å². The molecule has 84 valence electrons. The van der Waals surface area contributed by atoms with Crippen LogP contribution in [0.4, 0.5) is 0 Å². The third-order valence-corrected chi connectivity index (χ3v) is 4.63. The standard InChI is InChI=1S/C14H22O/c1-11(15)13(2)9-7-12-6-4-5-8-14(12,3)10-13/h7H,4-6,8-10H2,1-3H3/t13-,14-/m0/s1. The summed E-state index contributed by atoms with van der Waals surface area (Å²) in [5, 5.41) is 0. The molecule has 0 aromatic heterocycles. The van der Waals surface area contributed by atoms with Crippen LogP contribution in [0.15, 0.2) is 11.6 Å². The lowest BCUT2D eigenvalue weighted by molar-refractivity contribution is -0.127. The van der Waals surface area contributed by atoms with E-state index in [0.717, 1.165) is 12.8 Å². The first-order valence-corrected chi connectivity index (χ1v) is 6.17. The average molecular weight is 206 g/mol. The molecule has 0 aliphatic heterocycles. The maximum absolute atomic E-state index is 11.7. The van der Waals surface area contributed by atoms with Crippen molar-refractivity contribution in [2.24, 2.45) is 10.8 Å². The molecule has 0 amide bonds. The van der Waals surface area contributed by atoms with Gasteiger partial charge in [0.1, 0.15) is 5.78 Å². The summed E-state index contributed by atoms with van der Waals surface area (Å²) < 4.78 is 0. The molecule has 1 saturated carbocycles. The van der Waals surface area contributed by atoms with Crippen molar-refractivity contribution in [1.82, 2.24) is 0 Å². The van der Waals surface area contributed by atoms with E-state index in [9.17, 15) is 4.79 Å². The van der Waals surface area contributed by atoms with Crippen LogP contribution in [0.1, 0.15) is 59.3 Å². The van der Waals surface area contributed by atoms with E-state index in [1.165, 1.54) is 25.7 Å². The molecule has 2 aliphatic rings. The van der Waals surface area contributed by atoms with Gasteiger partial charge in [-0.1, -0.05) is 31.9 Å². The van der Waals surface area contributed by atoms with Gasteiger partial charge in [0.05, 0.1) is 0 Å². The molecule has 0 saturated heterocycles. The fraction of sp³-hybridized carbons (Fsp3) is 0.786. The van der Waals surface area contributed by atoms with Gasteiger partial charge < -0.3 is 0 Å². The second-order valence-electron chi connectivity index (χ2n) is 5.99. The predicted octanol–water partition coefficient (Wildman–Crippen LogP) is 3.88. The molecule has 0 spiro atoms. The van der Waals surface area contributed by atoms with Crippen LogP contribution in [-0.4, -0.2) is 5.78 Å². The van der Waals surface area contributed by atoms with Crippen LogP contribution in [0.3, 0.4) is 0 Å². The average Bonchev–Trinajstić information content (AvgIpc) is 2.16. The van der Waals surface area contributed by atoms with Crippen molar-refractivity contribution in [3.8, 4) is 0 Å². The maximum Gasteiger partial charge on any atom is 0.136 e. The minimum atomic E-state index is -0.0877. The highest BCUT2D eigenvalue weighted by molar-refractivity contribution is 5.82. The first kappa shape index (κ1) is 10.9. The second kappa shape index (κ2) is 3.47. The molecule has 15 heavy (non-hydrogen) atoms. The van der Waals surface area contributed by atoms with Crippen LogP contribution in [0, 0.1) is 10.8 Å². The lowest BCUT2D eigenvalue weighted by Crippen LogP contribution is -2.38. The van der Waals surface area contributed by atoms with Crippen molar-refractivity contribution < 1.29 is 4.79 Å². The molecule has 1 heteroatoms. The predicted molar refractivity (Wildman–Crippen MR) is 62.7 cm³/mol. The SMILES string of the molecule is CC(=O)[C@@]1(C)CC=C2CCCC[C@@]2(C)C1. The molecule has 0 radical (unpaired) electrons. The normalized spacial score (nSPS) is 40.6. The second-order valence-corrected chi connectivity index (χ2v) is 5.99. The lowest BCUT2D eigenvalue weighted by atomic mass is 9.58. The smallest absolute Gasteiger partial charge is 0.136 e. The van der Waals surface area contributed by atoms with E-state index in [4.69, 9.17) is 0 Å². The van der Waals surface area contributed by atoms with Crippen LogP contribution < -0.4 is 0 Å². The number of carbonyl (C=O) groups is 1. The molecule has 1 nitrogen and oxygen atoms in total. The first-order valence-electron chi connectivity index (χ1n) is 6.17. The topological polar surface area (TPSA) is 17.1 Å². The van der Waals surface area contributed by atoms with Gasteiger partial charge in [-0.15, -0.1) is 0 Å². The summed E-state index contributed by atoms with van der Waals surface area (Å²) in [6.45, 7) is 6.26. The van der Waals surface area contributed by atoms with Crippen molar-refractivity contribution in [1.29, 1.82) is 0 Å². The van der Waals surface area contributed by atoms with Gasteiger partial charge in [0, 0.05) is 5.41 Å². The van der Waals surface area contributed by atoms with Crippen molar-refractivity contribution in [2.45, 2.75) is 59.3 Å². The minimum Gasteiger partial charge on any atom is -0.299 e. The molecule has 0 bridgehead atoms. The third-order valence-electron chi connectivity index (χ3n) is 4.63. The van der Waals surface area contributed by atoms with Gasteiger partial charge in [0.2, 0.25) is 0 Å². The van der Waals surface area contributed by atoms with Crippen molar-refractivity contribution >= 4 is 5.78 Å². The van der Waals surface area contributed by atoms with Crippen LogP contribution in [0.25, 0.3) is 0 Å². The Balaban J connectivity index is 2.29. The van der Waals surface area contributed by atoms with Gasteiger partial charge in [0.25, 0.3) is 0 Å². The lowest BCUT2D eigenvalue weighted by Gasteiger charge is -2.46. The van der Waals surface area contributed by atoms with Crippen LogP contribution in [0.2, 0.25) is 0 Å².